The molecule has 2 heterocycles. The number of imidazole rings is 1. The van der Waals surface area contributed by atoms with Gasteiger partial charge < -0.3 is 15.2 Å². The van der Waals surface area contributed by atoms with Crippen LogP contribution < -0.4 is 10.2 Å². The van der Waals surface area contributed by atoms with E-state index >= 15 is 0 Å². The lowest BCUT2D eigenvalue weighted by Crippen LogP contribution is -2.52. The minimum atomic E-state index is -0.442. The number of rotatable bonds is 9. The second kappa shape index (κ2) is 11.7. The summed E-state index contributed by atoms with van der Waals surface area (Å²) in [6, 6.07) is 20.8. The van der Waals surface area contributed by atoms with Crippen molar-refractivity contribution < 1.29 is 9.59 Å². The first-order valence-electron chi connectivity index (χ1n) is 13.2. The summed E-state index contributed by atoms with van der Waals surface area (Å²) in [6.07, 6.45) is 5.94. The van der Waals surface area contributed by atoms with Crippen molar-refractivity contribution in [2.24, 2.45) is 0 Å². The second-order valence-electron chi connectivity index (χ2n) is 9.84. The van der Waals surface area contributed by atoms with Gasteiger partial charge in [-0.05, 0) is 54.3 Å². The highest BCUT2D eigenvalue weighted by Crippen LogP contribution is 2.42. The van der Waals surface area contributed by atoms with Crippen molar-refractivity contribution in [1.29, 1.82) is 0 Å². The first kappa shape index (κ1) is 26.5. The Bertz CT molecular complexity index is 1460. The summed E-state index contributed by atoms with van der Waals surface area (Å²) in [5, 5.41) is 3.65. The predicted octanol–water partition coefficient (Wildman–Crippen LogP) is 6.73. The molecule has 3 amide bonds. The highest BCUT2D eigenvalue weighted by Gasteiger charge is 2.39. The van der Waals surface area contributed by atoms with Gasteiger partial charge >= 0.3 is 6.03 Å². The van der Waals surface area contributed by atoms with Gasteiger partial charge in [0, 0.05) is 41.6 Å². The Balaban J connectivity index is 1.46. The number of amides is 3. The standard InChI is InChI=1S/C31H32ClN5O2/c1-3-4-16-36-27-13-12-24(32)19-25(27)30(23-8-6-5-7-9-23)37(31(36)39)20-29(38)35-26-17-22(11-10-21(26)2)18-28-33-14-15-34-28/h5-15,17,19,30H,3-4,16,18,20H2,1-2H3,(H,33,34)(H,35,38). The van der Waals surface area contributed by atoms with Gasteiger partial charge in [-0.25, -0.2) is 9.78 Å². The Hall–Kier alpha value is -4.10. The Kier molecular flexibility index (Phi) is 7.98. The molecule has 1 aromatic heterocycles. The van der Waals surface area contributed by atoms with Gasteiger partial charge in [0.1, 0.15) is 12.4 Å². The third kappa shape index (κ3) is 5.83. The Morgan fingerprint density at radius 3 is 2.67 bits per heavy atom. The van der Waals surface area contributed by atoms with Gasteiger partial charge in [-0.1, -0.05) is 67.4 Å². The maximum absolute atomic E-state index is 14.0. The number of H-pyrrole nitrogens is 1. The quantitative estimate of drug-likeness (QED) is 0.246. The van der Waals surface area contributed by atoms with Crippen LogP contribution in [0.3, 0.4) is 0 Å². The zero-order valence-corrected chi connectivity index (χ0v) is 22.9. The summed E-state index contributed by atoms with van der Waals surface area (Å²) in [4.78, 5) is 38.3. The number of halogens is 1. The van der Waals surface area contributed by atoms with Gasteiger partial charge in [-0.15, -0.1) is 0 Å². The molecule has 0 saturated heterocycles. The Labute approximate surface area is 233 Å². The average Bonchev–Trinajstić information content (AvgIpc) is 3.44. The van der Waals surface area contributed by atoms with E-state index in [0.29, 0.717) is 18.0 Å². The van der Waals surface area contributed by atoms with Crippen molar-refractivity contribution in [2.75, 3.05) is 23.3 Å². The molecule has 200 valence electrons. The number of aromatic amines is 1. The van der Waals surface area contributed by atoms with Crippen molar-refractivity contribution in [2.45, 2.75) is 39.2 Å². The number of nitrogens with one attached hydrogen (secondary N) is 2. The third-order valence-corrected chi connectivity index (χ3v) is 7.27. The van der Waals surface area contributed by atoms with E-state index in [4.69, 9.17) is 11.6 Å². The summed E-state index contributed by atoms with van der Waals surface area (Å²) in [6.45, 7) is 4.51. The fraction of sp³-hybridized carbons (Fsp3) is 0.258. The van der Waals surface area contributed by atoms with E-state index in [-0.39, 0.29) is 18.5 Å². The van der Waals surface area contributed by atoms with Crippen LogP contribution in [0.1, 0.15) is 53.9 Å². The molecule has 1 aliphatic heterocycles. The van der Waals surface area contributed by atoms with Crippen LogP contribution in [-0.4, -0.2) is 39.9 Å². The van der Waals surface area contributed by atoms with E-state index in [0.717, 1.165) is 52.3 Å². The molecule has 1 atom stereocenters. The molecule has 0 spiro atoms. The number of hydrogen-bond acceptors (Lipinski definition) is 3. The molecule has 0 saturated carbocycles. The van der Waals surface area contributed by atoms with Gasteiger partial charge in [0.15, 0.2) is 0 Å². The molecule has 4 aromatic rings. The zero-order valence-electron chi connectivity index (χ0n) is 22.2. The number of hydrogen-bond donors (Lipinski definition) is 2. The number of aromatic nitrogens is 2. The lowest BCUT2D eigenvalue weighted by Gasteiger charge is -2.43. The largest absolute Gasteiger partial charge is 0.348 e. The molecule has 1 unspecified atom stereocenters. The average molecular weight is 542 g/mol. The van der Waals surface area contributed by atoms with Crippen LogP contribution in [-0.2, 0) is 11.2 Å². The molecular formula is C31H32ClN5O2. The molecule has 0 bridgehead atoms. The van der Waals surface area contributed by atoms with E-state index in [1.54, 1.807) is 22.2 Å². The van der Waals surface area contributed by atoms with Crippen molar-refractivity contribution >= 4 is 34.9 Å². The molecule has 7 nitrogen and oxygen atoms in total. The number of unbranched alkanes of at least 4 members (excludes halogenated alkanes) is 1. The maximum Gasteiger partial charge on any atom is 0.325 e. The third-order valence-electron chi connectivity index (χ3n) is 7.03. The number of urea groups is 1. The van der Waals surface area contributed by atoms with Crippen LogP contribution in [0.15, 0.2) is 79.1 Å². The number of fused-ring (bicyclic) bond motifs is 1. The summed E-state index contributed by atoms with van der Waals surface area (Å²) in [5.74, 6) is 0.591. The van der Waals surface area contributed by atoms with E-state index in [9.17, 15) is 9.59 Å². The summed E-state index contributed by atoms with van der Waals surface area (Å²) >= 11 is 6.45. The number of nitrogens with zero attached hydrogens (tertiary/aromatic N) is 3. The second-order valence-corrected chi connectivity index (χ2v) is 10.3. The monoisotopic (exact) mass is 541 g/mol. The van der Waals surface area contributed by atoms with Crippen LogP contribution >= 0.6 is 11.6 Å². The molecular weight excluding hydrogens is 510 g/mol. The number of carbonyl (C=O) groups excluding carboxylic acids is 2. The van der Waals surface area contributed by atoms with Crippen LogP contribution in [0, 0.1) is 6.92 Å². The van der Waals surface area contributed by atoms with Crippen molar-refractivity contribution in [3.05, 3.63) is 112 Å². The molecule has 3 aromatic carbocycles. The predicted molar refractivity (Wildman–Crippen MR) is 155 cm³/mol. The van der Waals surface area contributed by atoms with E-state index in [2.05, 4.69) is 22.2 Å². The Morgan fingerprint density at radius 1 is 1.10 bits per heavy atom. The molecule has 39 heavy (non-hydrogen) atoms. The normalized spacial score (nSPS) is 14.8. The zero-order chi connectivity index (χ0) is 27.4. The lowest BCUT2D eigenvalue weighted by molar-refractivity contribution is -0.117. The van der Waals surface area contributed by atoms with Gasteiger partial charge in [0.05, 0.1) is 11.7 Å². The molecule has 0 aliphatic carbocycles. The number of anilines is 2. The van der Waals surface area contributed by atoms with Crippen molar-refractivity contribution in [3.8, 4) is 0 Å². The first-order chi connectivity index (χ1) is 18.9. The number of carbonyl (C=O) groups is 2. The fourth-order valence-corrected chi connectivity index (χ4v) is 5.24. The Morgan fingerprint density at radius 2 is 1.92 bits per heavy atom. The van der Waals surface area contributed by atoms with Crippen molar-refractivity contribution in [1.82, 2.24) is 14.9 Å². The van der Waals surface area contributed by atoms with Crippen LogP contribution in [0.2, 0.25) is 5.02 Å². The lowest BCUT2D eigenvalue weighted by atomic mass is 9.93. The van der Waals surface area contributed by atoms with Gasteiger partial charge in [0.25, 0.3) is 0 Å². The smallest absolute Gasteiger partial charge is 0.325 e. The molecule has 0 radical (unpaired) electrons. The van der Waals surface area contributed by atoms with E-state index in [1.807, 2.05) is 73.7 Å². The molecule has 2 N–H and O–H groups in total. The first-order valence-corrected chi connectivity index (χ1v) is 13.6. The van der Waals surface area contributed by atoms with Gasteiger partial charge in [-0.2, -0.15) is 0 Å². The maximum atomic E-state index is 14.0. The van der Waals surface area contributed by atoms with Crippen LogP contribution in [0.4, 0.5) is 16.2 Å². The molecule has 1 aliphatic rings. The fourth-order valence-electron chi connectivity index (χ4n) is 5.06. The van der Waals surface area contributed by atoms with Crippen LogP contribution in [0.25, 0.3) is 0 Å². The van der Waals surface area contributed by atoms with E-state index in [1.165, 1.54) is 0 Å². The van der Waals surface area contributed by atoms with Gasteiger partial charge in [-0.3, -0.25) is 9.69 Å². The molecule has 0 fully saturated rings. The summed E-state index contributed by atoms with van der Waals surface area (Å²) < 4.78 is 0. The highest BCUT2D eigenvalue weighted by molar-refractivity contribution is 6.30. The molecule has 5 rings (SSSR count). The minimum Gasteiger partial charge on any atom is -0.348 e. The number of aryl methyl sites for hydroxylation is 1. The van der Waals surface area contributed by atoms with E-state index < -0.39 is 6.04 Å². The minimum absolute atomic E-state index is 0.102. The topological polar surface area (TPSA) is 81.3 Å². The van der Waals surface area contributed by atoms with Crippen molar-refractivity contribution in [3.63, 3.8) is 0 Å². The summed E-state index contributed by atoms with van der Waals surface area (Å²) in [5.41, 5.74) is 5.36. The highest BCUT2D eigenvalue weighted by atomic mass is 35.5. The molecule has 8 heteroatoms. The van der Waals surface area contributed by atoms with Gasteiger partial charge in [0.2, 0.25) is 5.91 Å². The summed E-state index contributed by atoms with van der Waals surface area (Å²) in [7, 11) is 0. The number of benzene rings is 3. The van der Waals surface area contributed by atoms with Crippen LogP contribution in [0.5, 0.6) is 0 Å². The SMILES string of the molecule is CCCCN1C(=O)N(CC(=O)Nc2cc(Cc3ncc[nH]3)ccc2C)C(c2ccccc2)c2cc(Cl)ccc21.